The van der Waals surface area contributed by atoms with E-state index in [2.05, 4.69) is 45.2 Å². The third kappa shape index (κ3) is 3.97. The molecule has 0 aromatic heterocycles. The molecule has 0 aliphatic carbocycles. The average molecular weight is 357 g/mol. The van der Waals surface area contributed by atoms with Crippen molar-refractivity contribution in [3.05, 3.63) is 28.2 Å². The van der Waals surface area contributed by atoms with Crippen molar-refractivity contribution < 1.29 is 9.47 Å². The SMILES string of the molecule is CCCN1CCOC(CNC)C1c1ccc(OC)c(Br)c1. The number of likely N-dealkylation sites (N-methyl/N-ethyl adjacent to an activating group) is 1. The van der Waals surface area contributed by atoms with Gasteiger partial charge in [-0.1, -0.05) is 13.0 Å². The first-order chi connectivity index (χ1) is 10.2. The lowest BCUT2D eigenvalue weighted by Gasteiger charge is -2.41. The number of halogens is 1. The zero-order valence-electron chi connectivity index (χ0n) is 13.1. The molecule has 1 aromatic carbocycles. The zero-order chi connectivity index (χ0) is 15.2. The molecule has 1 aromatic rings. The van der Waals surface area contributed by atoms with Crippen molar-refractivity contribution >= 4 is 15.9 Å². The summed E-state index contributed by atoms with van der Waals surface area (Å²) in [5.74, 6) is 0.864. The standard InChI is InChI=1S/C16H25BrN2O2/c1-4-7-19-8-9-21-15(11-18-2)16(19)12-5-6-14(20-3)13(17)10-12/h5-6,10,15-16,18H,4,7-9,11H2,1-3H3. The van der Waals surface area contributed by atoms with Crippen LogP contribution in [0.1, 0.15) is 24.9 Å². The second-order valence-corrected chi connectivity index (χ2v) is 6.20. The number of hydrogen-bond donors (Lipinski definition) is 1. The summed E-state index contributed by atoms with van der Waals surface area (Å²) >= 11 is 3.59. The fourth-order valence-electron chi connectivity index (χ4n) is 2.99. The minimum absolute atomic E-state index is 0.176. The number of ether oxygens (including phenoxy) is 2. The first-order valence-electron chi connectivity index (χ1n) is 7.55. The molecular formula is C16H25BrN2O2. The van der Waals surface area contributed by atoms with Crippen molar-refractivity contribution in [1.29, 1.82) is 0 Å². The van der Waals surface area contributed by atoms with E-state index in [9.17, 15) is 0 Å². The Morgan fingerprint density at radius 3 is 2.90 bits per heavy atom. The highest BCUT2D eigenvalue weighted by atomic mass is 79.9. The number of methoxy groups -OCH3 is 1. The van der Waals surface area contributed by atoms with Crippen molar-refractivity contribution in [2.75, 3.05) is 40.4 Å². The van der Waals surface area contributed by atoms with Gasteiger partial charge >= 0.3 is 0 Å². The van der Waals surface area contributed by atoms with Crippen molar-refractivity contribution in [3.63, 3.8) is 0 Å². The summed E-state index contributed by atoms with van der Waals surface area (Å²) in [6.07, 6.45) is 1.33. The fraction of sp³-hybridized carbons (Fsp3) is 0.625. The Balaban J connectivity index is 2.30. The first-order valence-corrected chi connectivity index (χ1v) is 8.34. The van der Waals surface area contributed by atoms with Crippen LogP contribution in [-0.2, 0) is 4.74 Å². The fourth-order valence-corrected chi connectivity index (χ4v) is 3.55. The topological polar surface area (TPSA) is 33.7 Å². The molecule has 1 N–H and O–H groups in total. The Labute approximate surface area is 135 Å². The van der Waals surface area contributed by atoms with E-state index in [4.69, 9.17) is 9.47 Å². The summed E-state index contributed by atoms with van der Waals surface area (Å²) in [4.78, 5) is 2.53. The van der Waals surface area contributed by atoms with Gasteiger partial charge < -0.3 is 14.8 Å². The minimum Gasteiger partial charge on any atom is -0.496 e. The van der Waals surface area contributed by atoms with Crippen molar-refractivity contribution in [2.24, 2.45) is 0 Å². The van der Waals surface area contributed by atoms with Gasteiger partial charge in [-0.3, -0.25) is 4.90 Å². The van der Waals surface area contributed by atoms with E-state index in [1.807, 2.05) is 13.1 Å². The van der Waals surface area contributed by atoms with Crippen LogP contribution in [0.5, 0.6) is 5.75 Å². The number of morpholine rings is 1. The molecule has 0 spiro atoms. The molecule has 1 aliphatic heterocycles. The van der Waals surface area contributed by atoms with E-state index in [0.717, 1.165) is 42.9 Å². The molecule has 0 radical (unpaired) electrons. The monoisotopic (exact) mass is 356 g/mol. The van der Waals surface area contributed by atoms with Gasteiger partial charge in [0.25, 0.3) is 0 Å². The molecule has 0 bridgehead atoms. The third-order valence-electron chi connectivity index (χ3n) is 3.89. The first kappa shape index (κ1) is 16.7. The zero-order valence-corrected chi connectivity index (χ0v) is 14.6. The highest BCUT2D eigenvalue weighted by Crippen LogP contribution is 2.34. The van der Waals surface area contributed by atoms with Gasteiger partial charge in [0.05, 0.1) is 30.3 Å². The van der Waals surface area contributed by atoms with E-state index in [1.165, 1.54) is 5.56 Å². The minimum atomic E-state index is 0.176. The largest absolute Gasteiger partial charge is 0.496 e. The molecular weight excluding hydrogens is 332 g/mol. The van der Waals surface area contributed by atoms with Gasteiger partial charge in [0.2, 0.25) is 0 Å². The molecule has 5 heteroatoms. The Hall–Kier alpha value is -0.620. The molecule has 1 heterocycles. The van der Waals surface area contributed by atoms with Crippen LogP contribution in [0.25, 0.3) is 0 Å². The van der Waals surface area contributed by atoms with E-state index in [-0.39, 0.29) is 12.1 Å². The Morgan fingerprint density at radius 2 is 2.29 bits per heavy atom. The Bertz CT molecular complexity index is 438. The Kier molecular flexibility index (Phi) is 6.48. The molecule has 1 fully saturated rings. The maximum atomic E-state index is 6.01. The summed E-state index contributed by atoms with van der Waals surface area (Å²) in [5, 5.41) is 3.25. The molecule has 4 nitrogen and oxygen atoms in total. The molecule has 2 atom stereocenters. The molecule has 1 saturated heterocycles. The highest BCUT2D eigenvalue weighted by molar-refractivity contribution is 9.10. The molecule has 0 amide bonds. The molecule has 21 heavy (non-hydrogen) atoms. The van der Waals surface area contributed by atoms with E-state index in [1.54, 1.807) is 7.11 Å². The van der Waals surface area contributed by atoms with Gasteiger partial charge in [0.15, 0.2) is 0 Å². The number of benzene rings is 1. The van der Waals surface area contributed by atoms with Crippen LogP contribution in [0.2, 0.25) is 0 Å². The summed E-state index contributed by atoms with van der Waals surface area (Å²) < 4.78 is 12.3. The number of rotatable bonds is 6. The maximum Gasteiger partial charge on any atom is 0.133 e. The lowest BCUT2D eigenvalue weighted by Crippen LogP contribution is -2.48. The number of nitrogens with zero attached hydrogens (tertiary/aromatic N) is 1. The third-order valence-corrected chi connectivity index (χ3v) is 4.51. The van der Waals surface area contributed by atoms with Crippen molar-refractivity contribution in [1.82, 2.24) is 10.2 Å². The van der Waals surface area contributed by atoms with Crippen LogP contribution in [0.15, 0.2) is 22.7 Å². The smallest absolute Gasteiger partial charge is 0.133 e. The number of nitrogens with one attached hydrogen (secondary N) is 1. The van der Waals surface area contributed by atoms with Crippen molar-refractivity contribution in [3.8, 4) is 5.75 Å². The summed E-state index contributed by atoms with van der Waals surface area (Å²) in [6, 6.07) is 6.61. The molecule has 0 saturated carbocycles. The van der Waals surface area contributed by atoms with E-state index in [0.29, 0.717) is 0 Å². The van der Waals surface area contributed by atoms with Crippen LogP contribution >= 0.6 is 15.9 Å². The lowest BCUT2D eigenvalue weighted by molar-refractivity contribution is -0.0704. The van der Waals surface area contributed by atoms with Gasteiger partial charge in [-0.05, 0) is 53.6 Å². The highest BCUT2D eigenvalue weighted by Gasteiger charge is 2.32. The predicted molar refractivity (Wildman–Crippen MR) is 89.0 cm³/mol. The Morgan fingerprint density at radius 1 is 1.48 bits per heavy atom. The van der Waals surface area contributed by atoms with E-state index < -0.39 is 0 Å². The summed E-state index contributed by atoms with van der Waals surface area (Å²) in [6.45, 7) is 5.97. The quantitative estimate of drug-likeness (QED) is 0.849. The molecule has 2 rings (SSSR count). The summed E-state index contributed by atoms with van der Waals surface area (Å²) in [5.41, 5.74) is 1.27. The van der Waals surface area contributed by atoms with Gasteiger partial charge in [-0.25, -0.2) is 0 Å². The molecule has 118 valence electrons. The second kappa shape index (κ2) is 8.13. The van der Waals surface area contributed by atoms with Crippen LogP contribution in [-0.4, -0.2) is 51.4 Å². The average Bonchev–Trinajstić information content (AvgIpc) is 2.48. The van der Waals surface area contributed by atoms with Crippen LogP contribution in [0.4, 0.5) is 0 Å². The van der Waals surface area contributed by atoms with Gasteiger partial charge in [0.1, 0.15) is 5.75 Å². The van der Waals surface area contributed by atoms with Crippen LogP contribution in [0.3, 0.4) is 0 Å². The maximum absolute atomic E-state index is 6.01. The normalized spacial score (nSPS) is 23.2. The second-order valence-electron chi connectivity index (χ2n) is 5.34. The number of hydrogen-bond acceptors (Lipinski definition) is 4. The van der Waals surface area contributed by atoms with Gasteiger partial charge in [-0.2, -0.15) is 0 Å². The molecule has 1 aliphatic rings. The van der Waals surface area contributed by atoms with Crippen LogP contribution < -0.4 is 10.1 Å². The van der Waals surface area contributed by atoms with Crippen molar-refractivity contribution in [2.45, 2.75) is 25.5 Å². The summed E-state index contributed by atoms with van der Waals surface area (Å²) in [7, 11) is 3.67. The van der Waals surface area contributed by atoms with Gasteiger partial charge in [-0.15, -0.1) is 0 Å². The van der Waals surface area contributed by atoms with Crippen LogP contribution in [0, 0.1) is 0 Å². The predicted octanol–water partition coefficient (Wildman–Crippen LogP) is 2.83. The molecule has 2 unspecified atom stereocenters. The van der Waals surface area contributed by atoms with E-state index >= 15 is 0 Å². The van der Waals surface area contributed by atoms with Gasteiger partial charge in [0, 0.05) is 13.1 Å². The lowest BCUT2D eigenvalue weighted by atomic mass is 9.97.